The van der Waals surface area contributed by atoms with Gasteiger partial charge in [0, 0.05) is 56.0 Å². The molecule has 6 rings (SSSR count). The zero-order valence-corrected chi connectivity index (χ0v) is 16.4. The fraction of sp³-hybridized carbons (Fsp3) is 0.600. The molecule has 0 spiro atoms. The van der Waals surface area contributed by atoms with Gasteiger partial charge in [0.05, 0.1) is 24.4 Å². The number of halogens is 2. The lowest BCUT2D eigenvalue weighted by atomic mass is 9.99. The van der Waals surface area contributed by atoms with Crippen molar-refractivity contribution in [2.45, 2.75) is 37.3 Å². The Balaban J connectivity index is 1.38. The molecule has 10 heteroatoms. The van der Waals surface area contributed by atoms with E-state index in [2.05, 4.69) is 14.9 Å². The summed E-state index contributed by atoms with van der Waals surface area (Å²) in [4.78, 5) is 21.8. The first-order valence-corrected chi connectivity index (χ1v) is 10.4. The number of alkyl halides is 2. The van der Waals surface area contributed by atoms with Crippen LogP contribution in [0.15, 0.2) is 18.5 Å². The first-order chi connectivity index (χ1) is 14.5. The zero-order valence-electron chi connectivity index (χ0n) is 16.4. The Hall–Kier alpha value is -2.62. The highest BCUT2D eigenvalue weighted by molar-refractivity contribution is 5.65. The molecule has 0 amide bonds. The molecule has 4 atom stereocenters. The molecule has 30 heavy (non-hydrogen) atoms. The summed E-state index contributed by atoms with van der Waals surface area (Å²) in [5.74, 6) is -1.75. The quantitative estimate of drug-likeness (QED) is 0.814. The number of ether oxygens (including phenoxy) is 1. The van der Waals surface area contributed by atoms with Gasteiger partial charge < -0.3 is 20.3 Å². The normalized spacial score (nSPS) is 31.5. The van der Waals surface area contributed by atoms with Crippen molar-refractivity contribution in [2.75, 3.05) is 41.8 Å². The molecule has 2 N–H and O–H groups in total. The Bertz CT molecular complexity index is 972. The Morgan fingerprint density at radius 3 is 2.67 bits per heavy atom. The molecule has 8 nitrogen and oxygen atoms in total. The van der Waals surface area contributed by atoms with E-state index in [0.717, 1.165) is 24.3 Å². The summed E-state index contributed by atoms with van der Waals surface area (Å²) in [5, 5.41) is 0. The number of nitrogens with zero attached hydrogens (tertiary/aromatic N) is 6. The second-order valence-electron chi connectivity index (χ2n) is 8.81. The first kappa shape index (κ1) is 18.2. The number of rotatable bonds is 3. The van der Waals surface area contributed by atoms with Crippen LogP contribution in [0.1, 0.15) is 19.3 Å². The van der Waals surface area contributed by atoms with Crippen molar-refractivity contribution in [3.8, 4) is 11.3 Å². The fourth-order valence-electron chi connectivity index (χ4n) is 5.38. The monoisotopic (exact) mass is 415 g/mol. The molecular formula is C20H23F2N7O. The second-order valence-corrected chi connectivity index (χ2v) is 8.81. The van der Waals surface area contributed by atoms with Crippen molar-refractivity contribution in [3.05, 3.63) is 18.5 Å². The van der Waals surface area contributed by atoms with Gasteiger partial charge in [-0.3, -0.25) is 0 Å². The predicted molar refractivity (Wildman–Crippen MR) is 106 cm³/mol. The van der Waals surface area contributed by atoms with Gasteiger partial charge in [0.25, 0.3) is 5.92 Å². The molecule has 2 aromatic rings. The highest BCUT2D eigenvalue weighted by atomic mass is 19.3. The summed E-state index contributed by atoms with van der Waals surface area (Å²) in [6, 6.07) is 2.21. The lowest BCUT2D eigenvalue weighted by molar-refractivity contribution is -0.0351. The third-order valence-electron chi connectivity index (χ3n) is 6.98. The number of nitrogens with two attached hydrogens (primary N) is 1. The molecule has 0 aromatic carbocycles. The van der Waals surface area contributed by atoms with Crippen molar-refractivity contribution in [1.82, 2.24) is 19.9 Å². The molecule has 3 saturated heterocycles. The van der Waals surface area contributed by atoms with Crippen molar-refractivity contribution in [2.24, 2.45) is 11.8 Å². The maximum absolute atomic E-state index is 14.3. The van der Waals surface area contributed by atoms with Crippen molar-refractivity contribution < 1.29 is 13.5 Å². The molecule has 1 aliphatic carbocycles. The maximum atomic E-state index is 14.3. The van der Waals surface area contributed by atoms with Crippen molar-refractivity contribution >= 4 is 17.7 Å². The highest BCUT2D eigenvalue weighted by Crippen LogP contribution is 2.49. The number of aromatic nitrogens is 4. The minimum Gasteiger partial charge on any atom is -0.374 e. The molecule has 4 fully saturated rings. The molecule has 158 valence electrons. The van der Waals surface area contributed by atoms with Gasteiger partial charge in [-0.05, 0) is 18.8 Å². The van der Waals surface area contributed by atoms with Gasteiger partial charge in [-0.2, -0.15) is 4.98 Å². The number of morpholine rings is 1. The van der Waals surface area contributed by atoms with Crippen LogP contribution in [0.3, 0.4) is 0 Å². The Labute approximate surface area is 172 Å². The summed E-state index contributed by atoms with van der Waals surface area (Å²) in [6.07, 6.45) is 5.01. The average molecular weight is 415 g/mol. The lowest BCUT2D eigenvalue weighted by Gasteiger charge is -2.29. The largest absolute Gasteiger partial charge is 0.374 e. The van der Waals surface area contributed by atoms with E-state index >= 15 is 0 Å². The molecule has 0 radical (unpaired) electrons. The fourth-order valence-corrected chi connectivity index (χ4v) is 5.38. The second kappa shape index (κ2) is 6.44. The Kier molecular flexibility index (Phi) is 3.90. The van der Waals surface area contributed by atoms with Crippen molar-refractivity contribution in [3.63, 3.8) is 0 Å². The standard InChI is InChI=1S/C20H23F2N7O/c21-20(22)2-1-11-7-28(9-15(11)20)19-26-16(12-5-24-18(23)25-6-12)4-17(27-19)29-8-14-3-13(29)10-30-14/h4-6,11,13-15H,1-3,7-10H2,(H2,23,24,25)/t11?,13-,14-,15-/m0/s1. The Morgan fingerprint density at radius 1 is 1.13 bits per heavy atom. The van der Waals surface area contributed by atoms with Crippen LogP contribution in [-0.4, -0.2) is 64.2 Å². The summed E-state index contributed by atoms with van der Waals surface area (Å²) < 4.78 is 34.3. The molecule has 2 aromatic heterocycles. The van der Waals surface area contributed by atoms with Crippen LogP contribution in [0.25, 0.3) is 11.3 Å². The molecule has 1 saturated carbocycles. The molecule has 1 unspecified atom stereocenters. The highest BCUT2D eigenvalue weighted by Gasteiger charge is 2.54. The van der Waals surface area contributed by atoms with Crippen LogP contribution in [0.5, 0.6) is 0 Å². The maximum Gasteiger partial charge on any atom is 0.252 e. The third kappa shape index (κ3) is 2.88. The molecule has 2 bridgehead atoms. The van der Waals surface area contributed by atoms with Gasteiger partial charge in [-0.15, -0.1) is 0 Å². The van der Waals surface area contributed by atoms with E-state index < -0.39 is 11.8 Å². The summed E-state index contributed by atoms with van der Waals surface area (Å²) in [7, 11) is 0. The van der Waals surface area contributed by atoms with E-state index in [1.54, 1.807) is 12.4 Å². The van der Waals surface area contributed by atoms with Crippen molar-refractivity contribution in [1.29, 1.82) is 0 Å². The van der Waals surface area contributed by atoms with E-state index in [-0.39, 0.29) is 37.0 Å². The minimum atomic E-state index is -2.60. The van der Waals surface area contributed by atoms with E-state index in [1.165, 1.54) is 0 Å². The van der Waals surface area contributed by atoms with Crippen LogP contribution in [0, 0.1) is 11.8 Å². The molecule has 3 aliphatic heterocycles. The van der Waals surface area contributed by atoms with Gasteiger partial charge in [0.2, 0.25) is 11.9 Å². The van der Waals surface area contributed by atoms with E-state index in [9.17, 15) is 8.78 Å². The summed E-state index contributed by atoms with van der Waals surface area (Å²) in [6.45, 7) is 2.32. The van der Waals surface area contributed by atoms with Crippen LogP contribution in [0.2, 0.25) is 0 Å². The van der Waals surface area contributed by atoms with Crippen LogP contribution < -0.4 is 15.5 Å². The van der Waals surface area contributed by atoms with Gasteiger partial charge in [-0.1, -0.05) is 0 Å². The zero-order chi connectivity index (χ0) is 20.5. The minimum absolute atomic E-state index is 0.00763. The lowest BCUT2D eigenvalue weighted by Crippen LogP contribution is -2.38. The summed E-state index contributed by atoms with van der Waals surface area (Å²) in [5.41, 5.74) is 7.02. The number of fused-ring (bicyclic) bond motifs is 3. The van der Waals surface area contributed by atoms with Crippen LogP contribution >= 0.6 is 0 Å². The molecular weight excluding hydrogens is 392 g/mol. The van der Waals surface area contributed by atoms with Gasteiger partial charge >= 0.3 is 0 Å². The number of nitrogen functional groups attached to an aromatic ring is 1. The predicted octanol–water partition coefficient (Wildman–Crippen LogP) is 1.97. The summed E-state index contributed by atoms with van der Waals surface area (Å²) >= 11 is 0. The Morgan fingerprint density at radius 2 is 1.97 bits per heavy atom. The van der Waals surface area contributed by atoms with Crippen LogP contribution in [-0.2, 0) is 4.74 Å². The molecule has 5 heterocycles. The first-order valence-electron chi connectivity index (χ1n) is 10.4. The number of anilines is 3. The van der Waals surface area contributed by atoms with E-state index in [0.29, 0.717) is 31.2 Å². The van der Waals surface area contributed by atoms with E-state index in [4.69, 9.17) is 20.4 Å². The van der Waals surface area contributed by atoms with Gasteiger partial charge in [0.15, 0.2) is 0 Å². The van der Waals surface area contributed by atoms with Gasteiger partial charge in [0.1, 0.15) is 5.82 Å². The van der Waals surface area contributed by atoms with Crippen LogP contribution in [0.4, 0.5) is 26.5 Å². The SMILES string of the molecule is Nc1ncc(-c2cc(N3C[C@@H]4C[C@H]3CO4)nc(N3CC4CCC(F)(F)[C@H]4C3)n2)cn1. The topological polar surface area (TPSA) is 93.3 Å². The third-order valence-corrected chi connectivity index (χ3v) is 6.98. The van der Waals surface area contributed by atoms with Gasteiger partial charge in [-0.25, -0.2) is 23.7 Å². The number of hydrogen-bond acceptors (Lipinski definition) is 8. The average Bonchev–Trinajstić information content (AvgIpc) is 3.51. The molecule has 4 aliphatic rings. The smallest absolute Gasteiger partial charge is 0.252 e. The number of hydrogen-bond donors (Lipinski definition) is 1. The van der Waals surface area contributed by atoms with E-state index in [1.807, 2.05) is 11.0 Å².